The predicted molar refractivity (Wildman–Crippen MR) is 92.1 cm³/mol. The Bertz CT molecular complexity index is 454. The lowest BCUT2D eigenvalue weighted by molar-refractivity contribution is 0.271. The Hall–Kier alpha value is -1.06. The molecule has 1 aliphatic rings. The van der Waals surface area contributed by atoms with Crippen molar-refractivity contribution in [1.29, 1.82) is 0 Å². The van der Waals surface area contributed by atoms with Crippen LogP contribution in [0.5, 0.6) is 0 Å². The predicted octanol–water partition coefficient (Wildman–Crippen LogP) is 3.03. The Kier molecular flexibility index (Phi) is 5.28. The number of anilines is 1. The molecule has 118 valence electrons. The van der Waals surface area contributed by atoms with E-state index in [9.17, 15) is 0 Å². The van der Waals surface area contributed by atoms with E-state index in [1.807, 2.05) is 0 Å². The molecule has 0 atom stereocenters. The van der Waals surface area contributed by atoms with E-state index in [0.29, 0.717) is 0 Å². The quantitative estimate of drug-likeness (QED) is 0.919. The van der Waals surface area contributed by atoms with E-state index in [1.54, 1.807) is 0 Å². The molecule has 1 saturated heterocycles. The third-order valence-electron chi connectivity index (χ3n) is 4.20. The third-order valence-corrected chi connectivity index (χ3v) is 4.20. The molecule has 0 unspecified atom stereocenters. The molecule has 0 amide bonds. The molecule has 1 fully saturated rings. The zero-order valence-corrected chi connectivity index (χ0v) is 14.4. The van der Waals surface area contributed by atoms with E-state index in [4.69, 9.17) is 0 Å². The van der Waals surface area contributed by atoms with Crippen molar-refractivity contribution >= 4 is 5.69 Å². The second-order valence-electron chi connectivity index (χ2n) is 7.16. The normalized spacial score (nSPS) is 17.3. The summed E-state index contributed by atoms with van der Waals surface area (Å²) in [5.41, 5.74) is 4.33. The first-order valence-electron chi connectivity index (χ1n) is 8.21. The number of rotatable bonds is 4. The van der Waals surface area contributed by atoms with Crippen molar-refractivity contribution in [2.45, 2.75) is 46.7 Å². The first kappa shape index (κ1) is 16.3. The Morgan fingerprint density at radius 3 is 2.33 bits per heavy atom. The van der Waals surface area contributed by atoms with Crippen LogP contribution in [0.2, 0.25) is 0 Å². The van der Waals surface area contributed by atoms with Crippen molar-refractivity contribution in [3.63, 3.8) is 0 Å². The van der Waals surface area contributed by atoms with E-state index >= 15 is 0 Å². The Labute approximate surface area is 130 Å². The zero-order chi connectivity index (χ0) is 15.5. The van der Waals surface area contributed by atoms with Gasteiger partial charge in [-0.2, -0.15) is 0 Å². The lowest BCUT2D eigenvalue weighted by atomic mass is 10.0. The van der Waals surface area contributed by atoms with Crippen LogP contribution in [-0.4, -0.2) is 43.2 Å². The molecule has 21 heavy (non-hydrogen) atoms. The number of aryl methyl sites for hydroxylation is 1. The summed E-state index contributed by atoms with van der Waals surface area (Å²) in [7, 11) is 0. The van der Waals surface area contributed by atoms with E-state index in [0.717, 1.165) is 19.6 Å². The third kappa shape index (κ3) is 4.72. The average Bonchev–Trinajstić information content (AvgIpc) is 2.45. The molecular weight excluding hydrogens is 258 g/mol. The van der Waals surface area contributed by atoms with E-state index < -0.39 is 0 Å². The Morgan fingerprint density at radius 1 is 1.10 bits per heavy atom. The molecule has 2 rings (SSSR count). The minimum atomic E-state index is 0.155. The van der Waals surface area contributed by atoms with Gasteiger partial charge >= 0.3 is 0 Å². The van der Waals surface area contributed by atoms with Crippen LogP contribution in [0.25, 0.3) is 0 Å². The lowest BCUT2D eigenvalue weighted by Crippen LogP contribution is -2.46. The number of nitrogens with one attached hydrogen (secondary N) is 1. The van der Waals surface area contributed by atoms with Crippen LogP contribution in [0.3, 0.4) is 0 Å². The summed E-state index contributed by atoms with van der Waals surface area (Å²) in [6, 6.07) is 6.87. The molecule has 0 aromatic heterocycles. The fourth-order valence-electron chi connectivity index (χ4n) is 2.83. The van der Waals surface area contributed by atoms with Gasteiger partial charge in [-0.05, 0) is 45.9 Å². The van der Waals surface area contributed by atoms with Crippen molar-refractivity contribution in [3.8, 4) is 0 Å². The highest BCUT2D eigenvalue weighted by Crippen LogP contribution is 2.24. The molecule has 0 spiro atoms. The average molecular weight is 289 g/mol. The highest BCUT2D eigenvalue weighted by molar-refractivity contribution is 5.55. The van der Waals surface area contributed by atoms with Crippen molar-refractivity contribution in [3.05, 3.63) is 29.3 Å². The van der Waals surface area contributed by atoms with E-state index in [2.05, 4.69) is 67.9 Å². The van der Waals surface area contributed by atoms with Crippen molar-refractivity contribution in [1.82, 2.24) is 10.2 Å². The van der Waals surface area contributed by atoms with E-state index in [-0.39, 0.29) is 5.54 Å². The van der Waals surface area contributed by atoms with Crippen molar-refractivity contribution < 1.29 is 0 Å². The molecule has 0 aliphatic carbocycles. The van der Waals surface area contributed by atoms with Gasteiger partial charge in [-0.15, -0.1) is 0 Å². The maximum atomic E-state index is 3.63. The van der Waals surface area contributed by atoms with Gasteiger partial charge in [0.15, 0.2) is 0 Å². The van der Waals surface area contributed by atoms with Crippen LogP contribution >= 0.6 is 0 Å². The number of nitrogens with zero attached hydrogens (tertiary/aromatic N) is 2. The van der Waals surface area contributed by atoms with Gasteiger partial charge in [-0.1, -0.05) is 24.6 Å². The summed E-state index contributed by atoms with van der Waals surface area (Å²) >= 11 is 0. The molecule has 1 aromatic carbocycles. The van der Waals surface area contributed by atoms with Crippen LogP contribution in [0.15, 0.2) is 18.2 Å². The molecule has 1 aromatic rings. The lowest BCUT2D eigenvalue weighted by Gasteiger charge is -2.37. The van der Waals surface area contributed by atoms with Gasteiger partial charge < -0.3 is 15.1 Å². The standard InChI is InChI=1S/C18H31N3/c1-6-20-9-11-21(12-10-20)17-8-7-15(2)13-16(17)14-19-18(3,4)5/h7-8,13,19H,6,9-12,14H2,1-5H3. The molecule has 0 saturated carbocycles. The smallest absolute Gasteiger partial charge is 0.0412 e. The van der Waals surface area contributed by atoms with Crippen molar-refractivity contribution in [2.24, 2.45) is 0 Å². The first-order valence-corrected chi connectivity index (χ1v) is 8.21. The first-order chi connectivity index (χ1) is 9.89. The number of benzene rings is 1. The topological polar surface area (TPSA) is 18.5 Å². The second-order valence-corrected chi connectivity index (χ2v) is 7.16. The van der Waals surface area contributed by atoms with Gasteiger partial charge in [0, 0.05) is 44.0 Å². The maximum Gasteiger partial charge on any atom is 0.0412 e. The van der Waals surface area contributed by atoms with Crippen LogP contribution in [0, 0.1) is 6.92 Å². The molecule has 0 radical (unpaired) electrons. The number of hydrogen-bond acceptors (Lipinski definition) is 3. The van der Waals surface area contributed by atoms with Crippen molar-refractivity contribution in [2.75, 3.05) is 37.6 Å². The van der Waals surface area contributed by atoms with Crippen LogP contribution in [-0.2, 0) is 6.54 Å². The summed E-state index contributed by atoms with van der Waals surface area (Å²) in [4.78, 5) is 5.07. The summed E-state index contributed by atoms with van der Waals surface area (Å²) in [5.74, 6) is 0. The van der Waals surface area contributed by atoms with E-state index in [1.165, 1.54) is 36.4 Å². The van der Waals surface area contributed by atoms with Gasteiger partial charge in [-0.25, -0.2) is 0 Å². The minimum absolute atomic E-state index is 0.155. The molecule has 3 nitrogen and oxygen atoms in total. The molecular formula is C18H31N3. The number of likely N-dealkylation sites (N-methyl/N-ethyl adjacent to an activating group) is 1. The summed E-state index contributed by atoms with van der Waals surface area (Å²) in [6.07, 6.45) is 0. The largest absolute Gasteiger partial charge is 0.369 e. The molecule has 1 heterocycles. The molecule has 0 bridgehead atoms. The van der Waals surface area contributed by atoms with Crippen LogP contribution < -0.4 is 10.2 Å². The van der Waals surface area contributed by atoms with Gasteiger partial charge in [-0.3, -0.25) is 0 Å². The fraction of sp³-hybridized carbons (Fsp3) is 0.667. The zero-order valence-electron chi connectivity index (χ0n) is 14.4. The fourth-order valence-corrected chi connectivity index (χ4v) is 2.83. The highest BCUT2D eigenvalue weighted by Gasteiger charge is 2.19. The molecule has 1 aliphatic heterocycles. The SMILES string of the molecule is CCN1CCN(c2ccc(C)cc2CNC(C)(C)C)CC1. The molecule has 3 heteroatoms. The van der Waals surface area contributed by atoms with Crippen LogP contribution in [0.1, 0.15) is 38.8 Å². The number of hydrogen-bond donors (Lipinski definition) is 1. The van der Waals surface area contributed by atoms with Gasteiger partial charge in [0.2, 0.25) is 0 Å². The van der Waals surface area contributed by atoms with Gasteiger partial charge in [0.1, 0.15) is 0 Å². The summed E-state index contributed by atoms with van der Waals surface area (Å²) < 4.78 is 0. The Morgan fingerprint density at radius 2 is 1.76 bits per heavy atom. The van der Waals surface area contributed by atoms with Crippen LogP contribution in [0.4, 0.5) is 5.69 Å². The minimum Gasteiger partial charge on any atom is -0.369 e. The Balaban J connectivity index is 2.11. The molecule has 1 N–H and O–H groups in total. The van der Waals surface area contributed by atoms with Gasteiger partial charge in [0.25, 0.3) is 0 Å². The maximum absolute atomic E-state index is 3.63. The summed E-state index contributed by atoms with van der Waals surface area (Å²) in [5, 5.41) is 3.63. The highest BCUT2D eigenvalue weighted by atomic mass is 15.3. The number of piperazine rings is 1. The van der Waals surface area contributed by atoms with Gasteiger partial charge in [0.05, 0.1) is 0 Å². The second kappa shape index (κ2) is 6.80. The monoisotopic (exact) mass is 289 g/mol. The summed E-state index contributed by atoms with van der Waals surface area (Å²) in [6.45, 7) is 17.8.